The van der Waals surface area contributed by atoms with E-state index in [4.69, 9.17) is 5.26 Å². The molecular weight excluding hydrogens is 321 g/mol. The van der Waals surface area contributed by atoms with Gasteiger partial charge in [-0.1, -0.05) is 12.1 Å². The Bertz CT molecular complexity index is 852. The highest BCUT2D eigenvalue weighted by Crippen LogP contribution is 2.13. The zero-order chi connectivity index (χ0) is 17.8. The minimum Gasteiger partial charge on any atom is -0.335 e. The summed E-state index contributed by atoms with van der Waals surface area (Å²) in [6.07, 6.45) is 0. The molecule has 1 heterocycles. The Kier molecular flexibility index (Phi) is 4.75. The third kappa shape index (κ3) is 3.66. The van der Waals surface area contributed by atoms with Crippen LogP contribution in [0.1, 0.15) is 26.3 Å². The Morgan fingerprint density at radius 3 is 1.92 bits per heavy atom. The molecule has 2 aromatic carbocycles. The fourth-order valence-corrected chi connectivity index (χ4v) is 2.82. The molecule has 0 radical (unpaired) electrons. The highest BCUT2D eigenvalue weighted by molar-refractivity contribution is 5.96. The number of rotatable bonds is 2. The van der Waals surface area contributed by atoms with E-state index in [0.29, 0.717) is 42.9 Å². The van der Waals surface area contributed by atoms with E-state index in [1.54, 1.807) is 40.1 Å². The van der Waals surface area contributed by atoms with E-state index < -0.39 is 5.82 Å². The van der Waals surface area contributed by atoms with E-state index in [1.165, 1.54) is 18.2 Å². The van der Waals surface area contributed by atoms with Crippen LogP contribution < -0.4 is 0 Å². The first-order chi connectivity index (χ1) is 12.1. The van der Waals surface area contributed by atoms with Crippen molar-refractivity contribution in [3.63, 3.8) is 0 Å². The maximum Gasteiger partial charge on any atom is 0.254 e. The van der Waals surface area contributed by atoms with Gasteiger partial charge in [0.05, 0.1) is 11.6 Å². The SMILES string of the molecule is N#Cc1cccc(C(=O)N2CCN(C(=O)c3cccc(F)c3)CC2)c1. The van der Waals surface area contributed by atoms with Gasteiger partial charge in [0.2, 0.25) is 0 Å². The van der Waals surface area contributed by atoms with Gasteiger partial charge in [0.15, 0.2) is 0 Å². The Hall–Kier alpha value is -3.20. The molecule has 1 fully saturated rings. The number of nitrogens with zero attached hydrogens (tertiary/aromatic N) is 3. The normalized spacial score (nSPS) is 14.1. The van der Waals surface area contributed by atoms with E-state index in [-0.39, 0.29) is 11.8 Å². The average Bonchev–Trinajstić information content (AvgIpc) is 2.67. The zero-order valence-corrected chi connectivity index (χ0v) is 13.5. The molecule has 1 aliphatic rings. The molecule has 25 heavy (non-hydrogen) atoms. The summed E-state index contributed by atoms with van der Waals surface area (Å²) in [5.74, 6) is -0.843. The number of hydrogen-bond donors (Lipinski definition) is 0. The average molecular weight is 337 g/mol. The fraction of sp³-hybridized carbons (Fsp3) is 0.211. The predicted octanol–water partition coefficient (Wildman–Crippen LogP) is 2.30. The molecule has 2 aromatic rings. The molecule has 126 valence electrons. The second-order valence-electron chi connectivity index (χ2n) is 5.79. The monoisotopic (exact) mass is 337 g/mol. The topological polar surface area (TPSA) is 64.4 Å². The standard InChI is InChI=1S/C19H16FN3O2/c20-17-6-2-5-16(12-17)19(25)23-9-7-22(8-10-23)18(24)15-4-1-3-14(11-15)13-21/h1-6,11-12H,7-10H2. The summed E-state index contributed by atoms with van der Waals surface area (Å²) in [4.78, 5) is 28.2. The van der Waals surface area contributed by atoms with Gasteiger partial charge in [-0.25, -0.2) is 4.39 Å². The molecule has 0 spiro atoms. The Morgan fingerprint density at radius 1 is 0.880 bits per heavy atom. The molecule has 0 atom stereocenters. The van der Waals surface area contributed by atoms with Crippen molar-refractivity contribution in [3.05, 3.63) is 71.0 Å². The first-order valence-corrected chi connectivity index (χ1v) is 7.93. The second kappa shape index (κ2) is 7.14. The summed E-state index contributed by atoms with van der Waals surface area (Å²) in [5, 5.41) is 8.93. The summed E-state index contributed by atoms with van der Waals surface area (Å²) in [6, 6.07) is 14.2. The number of hydrogen-bond acceptors (Lipinski definition) is 3. The van der Waals surface area contributed by atoms with Crippen LogP contribution >= 0.6 is 0 Å². The lowest BCUT2D eigenvalue weighted by Crippen LogP contribution is -2.50. The lowest BCUT2D eigenvalue weighted by Gasteiger charge is -2.35. The molecule has 0 saturated carbocycles. The molecule has 1 aliphatic heterocycles. The van der Waals surface area contributed by atoms with Crippen LogP contribution in [0.2, 0.25) is 0 Å². The third-order valence-corrected chi connectivity index (χ3v) is 4.16. The van der Waals surface area contributed by atoms with Crippen LogP contribution in [0.25, 0.3) is 0 Å². The Balaban J connectivity index is 1.64. The van der Waals surface area contributed by atoms with Crippen molar-refractivity contribution in [2.45, 2.75) is 0 Å². The minimum absolute atomic E-state index is 0.157. The van der Waals surface area contributed by atoms with Gasteiger partial charge in [-0.05, 0) is 36.4 Å². The van der Waals surface area contributed by atoms with E-state index >= 15 is 0 Å². The van der Waals surface area contributed by atoms with E-state index in [0.717, 1.165) is 0 Å². The lowest BCUT2D eigenvalue weighted by molar-refractivity contribution is 0.0535. The smallest absolute Gasteiger partial charge is 0.254 e. The van der Waals surface area contributed by atoms with Gasteiger partial charge in [0.25, 0.3) is 11.8 Å². The largest absolute Gasteiger partial charge is 0.335 e. The van der Waals surface area contributed by atoms with Gasteiger partial charge >= 0.3 is 0 Å². The van der Waals surface area contributed by atoms with Gasteiger partial charge in [-0.3, -0.25) is 9.59 Å². The maximum atomic E-state index is 13.3. The van der Waals surface area contributed by atoms with Crippen LogP contribution in [0.5, 0.6) is 0 Å². The summed E-state index contributed by atoms with van der Waals surface area (Å²) >= 11 is 0. The van der Waals surface area contributed by atoms with Gasteiger partial charge in [0.1, 0.15) is 5.82 Å². The van der Waals surface area contributed by atoms with E-state index in [9.17, 15) is 14.0 Å². The highest BCUT2D eigenvalue weighted by Gasteiger charge is 2.25. The van der Waals surface area contributed by atoms with Gasteiger partial charge in [0, 0.05) is 37.3 Å². The lowest BCUT2D eigenvalue weighted by atomic mass is 10.1. The van der Waals surface area contributed by atoms with Crippen molar-refractivity contribution < 1.29 is 14.0 Å². The summed E-state index contributed by atoms with van der Waals surface area (Å²) in [5.41, 5.74) is 1.20. The van der Waals surface area contributed by atoms with Gasteiger partial charge in [-0.15, -0.1) is 0 Å². The molecule has 2 amide bonds. The quantitative estimate of drug-likeness (QED) is 0.845. The molecule has 0 N–H and O–H groups in total. The number of nitriles is 1. The minimum atomic E-state index is -0.447. The van der Waals surface area contributed by atoms with Crippen LogP contribution in [0.4, 0.5) is 4.39 Å². The number of carbonyl (C=O) groups excluding carboxylic acids is 2. The molecule has 0 aliphatic carbocycles. The number of benzene rings is 2. The number of piperazine rings is 1. The Labute approximate surface area is 144 Å². The second-order valence-corrected chi connectivity index (χ2v) is 5.79. The van der Waals surface area contributed by atoms with Crippen molar-refractivity contribution >= 4 is 11.8 Å². The van der Waals surface area contributed by atoms with Crippen molar-refractivity contribution in [2.24, 2.45) is 0 Å². The molecule has 6 heteroatoms. The molecule has 0 bridgehead atoms. The number of halogens is 1. The number of amides is 2. The number of carbonyl (C=O) groups is 2. The van der Waals surface area contributed by atoms with Crippen LogP contribution in [0, 0.1) is 17.1 Å². The molecule has 1 saturated heterocycles. The summed E-state index contributed by atoms with van der Waals surface area (Å²) < 4.78 is 13.3. The van der Waals surface area contributed by atoms with Crippen molar-refractivity contribution in [3.8, 4) is 6.07 Å². The van der Waals surface area contributed by atoms with E-state index in [1.807, 2.05) is 6.07 Å². The molecule has 0 aromatic heterocycles. The van der Waals surface area contributed by atoms with Gasteiger partial charge in [-0.2, -0.15) is 5.26 Å². The van der Waals surface area contributed by atoms with Crippen LogP contribution in [0.15, 0.2) is 48.5 Å². The van der Waals surface area contributed by atoms with Gasteiger partial charge < -0.3 is 9.80 Å². The zero-order valence-electron chi connectivity index (χ0n) is 13.5. The predicted molar refractivity (Wildman–Crippen MR) is 89.4 cm³/mol. The summed E-state index contributed by atoms with van der Waals surface area (Å²) in [6.45, 7) is 1.57. The maximum absolute atomic E-state index is 13.3. The van der Waals surface area contributed by atoms with Crippen LogP contribution in [-0.2, 0) is 0 Å². The van der Waals surface area contributed by atoms with Crippen molar-refractivity contribution in [2.75, 3.05) is 26.2 Å². The van der Waals surface area contributed by atoms with Crippen molar-refractivity contribution in [1.82, 2.24) is 9.80 Å². The summed E-state index contributed by atoms with van der Waals surface area (Å²) in [7, 11) is 0. The Morgan fingerprint density at radius 2 is 1.40 bits per heavy atom. The third-order valence-electron chi connectivity index (χ3n) is 4.16. The molecule has 0 unspecified atom stereocenters. The van der Waals surface area contributed by atoms with E-state index in [2.05, 4.69) is 0 Å². The highest BCUT2D eigenvalue weighted by atomic mass is 19.1. The molecule has 3 rings (SSSR count). The fourth-order valence-electron chi connectivity index (χ4n) is 2.82. The first kappa shape index (κ1) is 16.7. The van der Waals surface area contributed by atoms with Crippen molar-refractivity contribution in [1.29, 1.82) is 5.26 Å². The molecule has 5 nitrogen and oxygen atoms in total. The molecular formula is C19H16FN3O2. The first-order valence-electron chi connectivity index (χ1n) is 7.93. The van der Waals surface area contributed by atoms with Crippen LogP contribution in [0.3, 0.4) is 0 Å². The van der Waals surface area contributed by atoms with Crippen LogP contribution in [-0.4, -0.2) is 47.8 Å².